The molecular weight excluding hydrogens is 196 g/mol. The van der Waals surface area contributed by atoms with Crippen LogP contribution in [-0.4, -0.2) is 22.7 Å². The molecule has 14 heavy (non-hydrogen) atoms. The van der Waals surface area contributed by atoms with Gasteiger partial charge in [-0.2, -0.15) is 5.26 Å². The highest BCUT2D eigenvalue weighted by atomic mass is 32.1. The summed E-state index contributed by atoms with van der Waals surface area (Å²) in [4.78, 5) is 1.12. The molecule has 0 unspecified atom stereocenters. The molecule has 0 atom stereocenters. The molecule has 1 N–H and O–H groups in total. The van der Waals surface area contributed by atoms with Crippen molar-refractivity contribution in [2.45, 2.75) is 19.3 Å². The van der Waals surface area contributed by atoms with Gasteiger partial charge < -0.3 is 5.32 Å². The van der Waals surface area contributed by atoms with Crippen LogP contribution in [0.15, 0.2) is 6.20 Å². The average Bonchev–Trinajstić information content (AvgIpc) is 2.72. The summed E-state index contributed by atoms with van der Waals surface area (Å²) in [6, 6.07) is 2.47. The first-order valence-electron chi connectivity index (χ1n) is 4.73. The van der Waals surface area contributed by atoms with E-state index in [1.165, 1.54) is 11.5 Å². The first-order chi connectivity index (χ1) is 6.85. The van der Waals surface area contributed by atoms with Crippen LogP contribution in [0.3, 0.4) is 0 Å². The summed E-state index contributed by atoms with van der Waals surface area (Å²) in [7, 11) is 0. The highest BCUT2D eigenvalue weighted by molar-refractivity contribution is 7.05. The number of piperidine rings is 1. The van der Waals surface area contributed by atoms with Gasteiger partial charge in [-0.15, -0.1) is 5.10 Å². The van der Waals surface area contributed by atoms with Crippen LogP contribution >= 0.6 is 11.5 Å². The predicted octanol–water partition coefficient (Wildman–Crippen LogP) is 0.974. The summed E-state index contributed by atoms with van der Waals surface area (Å²) in [6.07, 6.45) is 4.44. The third-order valence-electron chi connectivity index (χ3n) is 2.72. The number of hydrogen-bond acceptors (Lipinski definition) is 5. The molecule has 1 saturated heterocycles. The van der Waals surface area contributed by atoms with Gasteiger partial charge in [0.25, 0.3) is 0 Å². The summed E-state index contributed by atoms with van der Waals surface area (Å²) in [6.45, 7) is 1.89. The molecule has 1 aliphatic heterocycles. The second-order valence-electron chi connectivity index (χ2n) is 3.70. The first-order valence-corrected chi connectivity index (χ1v) is 5.50. The zero-order valence-electron chi connectivity index (χ0n) is 7.86. The Morgan fingerprint density at radius 1 is 1.57 bits per heavy atom. The Bertz CT molecular complexity index is 321. The van der Waals surface area contributed by atoms with E-state index in [0.29, 0.717) is 0 Å². The zero-order valence-corrected chi connectivity index (χ0v) is 8.68. The molecule has 5 heteroatoms. The monoisotopic (exact) mass is 208 g/mol. The second-order valence-corrected chi connectivity index (χ2v) is 4.57. The van der Waals surface area contributed by atoms with Crippen LogP contribution in [-0.2, 0) is 6.42 Å². The Kier molecular flexibility index (Phi) is 2.75. The van der Waals surface area contributed by atoms with E-state index in [1.807, 2.05) is 0 Å². The van der Waals surface area contributed by atoms with Crippen LogP contribution in [0.25, 0.3) is 0 Å². The molecular formula is C9H12N4S. The largest absolute Gasteiger partial charge is 0.317 e. The van der Waals surface area contributed by atoms with E-state index in [4.69, 9.17) is 0 Å². The van der Waals surface area contributed by atoms with Crippen molar-refractivity contribution in [2.24, 2.45) is 5.41 Å². The normalized spacial score (nSPS) is 20.2. The lowest BCUT2D eigenvalue weighted by Gasteiger charge is -2.30. The predicted molar refractivity (Wildman–Crippen MR) is 53.8 cm³/mol. The Hall–Kier alpha value is -0.990. The molecule has 0 radical (unpaired) electrons. The van der Waals surface area contributed by atoms with Crippen molar-refractivity contribution in [3.8, 4) is 6.07 Å². The highest BCUT2D eigenvalue weighted by Gasteiger charge is 2.32. The molecule has 0 spiro atoms. The molecule has 2 rings (SSSR count). The Morgan fingerprint density at radius 3 is 2.93 bits per heavy atom. The van der Waals surface area contributed by atoms with Gasteiger partial charge in [-0.1, -0.05) is 4.49 Å². The van der Waals surface area contributed by atoms with Gasteiger partial charge in [0.05, 0.1) is 17.7 Å². The van der Waals surface area contributed by atoms with E-state index in [9.17, 15) is 5.26 Å². The molecule has 0 bridgehead atoms. The molecule has 2 heterocycles. The number of nitrogens with zero attached hydrogens (tertiary/aromatic N) is 3. The fraction of sp³-hybridized carbons (Fsp3) is 0.667. The van der Waals surface area contributed by atoms with E-state index in [2.05, 4.69) is 21.0 Å². The van der Waals surface area contributed by atoms with Crippen LogP contribution in [0.2, 0.25) is 0 Å². The minimum Gasteiger partial charge on any atom is -0.317 e. The van der Waals surface area contributed by atoms with Crippen molar-refractivity contribution in [1.29, 1.82) is 5.26 Å². The fourth-order valence-electron chi connectivity index (χ4n) is 1.83. The number of hydrogen-bond donors (Lipinski definition) is 1. The van der Waals surface area contributed by atoms with Gasteiger partial charge >= 0.3 is 0 Å². The van der Waals surface area contributed by atoms with Crippen molar-refractivity contribution in [3.63, 3.8) is 0 Å². The zero-order chi connectivity index (χ0) is 9.86. The fourth-order valence-corrected chi connectivity index (χ4v) is 2.47. The summed E-state index contributed by atoms with van der Waals surface area (Å²) in [5.74, 6) is 0. The van der Waals surface area contributed by atoms with Crippen molar-refractivity contribution >= 4 is 11.5 Å². The minimum absolute atomic E-state index is 0.181. The Morgan fingerprint density at radius 2 is 2.36 bits per heavy atom. The Labute approximate surface area is 87.1 Å². The summed E-state index contributed by atoms with van der Waals surface area (Å²) in [5, 5.41) is 16.3. The van der Waals surface area contributed by atoms with E-state index in [1.54, 1.807) is 6.20 Å². The molecule has 4 nitrogen and oxygen atoms in total. The number of rotatable bonds is 2. The van der Waals surface area contributed by atoms with Crippen LogP contribution in [0.4, 0.5) is 0 Å². The molecule has 1 aromatic heterocycles. The maximum atomic E-state index is 9.23. The highest BCUT2D eigenvalue weighted by Crippen LogP contribution is 2.32. The lowest BCUT2D eigenvalue weighted by molar-refractivity contribution is 0.282. The smallest absolute Gasteiger partial charge is 0.0694 e. The molecule has 1 aromatic rings. The third kappa shape index (κ3) is 1.91. The standard InChI is InChI=1S/C9H12N4S/c10-7-9(1-3-11-4-2-9)5-8-6-12-13-14-8/h6,11H,1-5H2. The molecule has 0 aliphatic carbocycles. The third-order valence-corrected chi connectivity index (χ3v) is 3.38. The second kappa shape index (κ2) is 4.03. The van der Waals surface area contributed by atoms with Crippen LogP contribution in [0.5, 0.6) is 0 Å². The van der Waals surface area contributed by atoms with Crippen molar-refractivity contribution in [1.82, 2.24) is 14.9 Å². The SMILES string of the molecule is N#CC1(Cc2cnns2)CCNCC1. The van der Waals surface area contributed by atoms with E-state index in [-0.39, 0.29) is 5.41 Å². The summed E-state index contributed by atoms with van der Waals surface area (Å²) >= 11 is 1.40. The summed E-state index contributed by atoms with van der Waals surface area (Å²) < 4.78 is 3.82. The molecule has 0 aromatic carbocycles. The van der Waals surface area contributed by atoms with E-state index < -0.39 is 0 Å². The number of nitrogens with one attached hydrogen (secondary N) is 1. The molecule has 74 valence electrons. The van der Waals surface area contributed by atoms with Crippen molar-refractivity contribution in [3.05, 3.63) is 11.1 Å². The van der Waals surface area contributed by atoms with Gasteiger partial charge in [-0.05, 0) is 37.5 Å². The first kappa shape index (κ1) is 9.56. The molecule has 0 amide bonds. The van der Waals surface area contributed by atoms with Crippen molar-refractivity contribution < 1.29 is 0 Å². The van der Waals surface area contributed by atoms with Crippen LogP contribution in [0, 0.1) is 16.7 Å². The average molecular weight is 208 g/mol. The van der Waals surface area contributed by atoms with Gasteiger partial charge in [0.1, 0.15) is 0 Å². The van der Waals surface area contributed by atoms with Crippen LogP contribution < -0.4 is 5.32 Å². The number of aromatic nitrogens is 2. The molecule has 1 fully saturated rings. The summed E-state index contributed by atoms with van der Waals surface area (Å²) in [5.41, 5.74) is -0.181. The van der Waals surface area contributed by atoms with Gasteiger partial charge in [-0.3, -0.25) is 0 Å². The Balaban J connectivity index is 2.09. The van der Waals surface area contributed by atoms with E-state index >= 15 is 0 Å². The maximum Gasteiger partial charge on any atom is 0.0694 e. The van der Waals surface area contributed by atoms with Crippen LogP contribution in [0.1, 0.15) is 17.7 Å². The van der Waals surface area contributed by atoms with Crippen molar-refractivity contribution in [2.75, 3.05) is 13.1 Å². The van der Waals surface area contributed by atoms with Gasteiger partial charge in [0.15, 0.2) is 0 Å². The number of nitriles is 1. The maximum absolute atomic E-state index is 9.23. The van der Waals surface area contributed by atoms with Gasteiger partial charge in [0.2, 0.25) is 0 Å². The van der Waals surface area contributed by atoms with E-state index in [0.717, 1.165) is 37.2 Å². The molecule has 0 saturated carbocycles. The van der Waals surface area contributed by atoms with Gasteiger partial charge in [0, 0.05) is 11.3 Å². The quantitative estimate of drug-likeness (QED) is 0.786. The van der Waals surface area contributed by atoms with Gasteiger partial charge in [-0.25, -0.2) is 0 Å². The lowest BCUT2D eigenvalue weighted by Crippen LogP contribution is -2.37. The topological polar surface area (TPSA) is 61.6 Å². The molecule has 1 aliphatic rings. The lowest BCUT2D eigenvalue weighted by atomic mass is 9.77. The minimum atomic E-state index is -0.181.